The highest BCUT2D eigenvalue weighted by Gasteiger charge is 2.40. The third kappa shape index (κ3) is 13.9. The number of rotatable bonds is 16. The number of Topliss-reactive ketones (excluding diaryl/α,β-unsaturated/α-hetero) is 1. The lowest BCUT2D eigenvalue weighted by molar-refractivity contribution is -0.137. The molecule has 0 bridgehead atoms. The summed E-state index contributed by atoms with van der Waals surface area (Å²) in [5.41, 5.74) is 0. The number of carboxylic acids is 1. The van der Waals surface area contributed by atoms with Crippen molar-refractivity contribution < 1.29 is 24.9 Å². The standard InChI is InChI=1S/C20H36O5.C12H23N/c1-2-3-6-9-15(21)12-13-17-16(18(22)14-19(17)23)10-7-4-5-8-11-20(24)25;1-3-7-11(8-4-1)13-12-9-5-2-6-10-12/h15-17,19,21,23H,2-14H2,1H3,(H,24,25);11-13H,1-10H2/t15-,16+,17+,19+;/m0./s1. The van der Waals surface area contributed by atoms with Crippen molar-refractivity contribution in [3.63, 3.8) is 0 Å². The lowest BCUT2D eigenvalue weighted by Crippen LogP contribution is -2.40. The minimum atomic E-state index is -0.758. The van der Waals surface area contributed by atoms with Gasteiger partial charge in [-0.3, -0.25) is 9.59 Å². The van der Waals surface area contributed by atoms with Crippen LogP contribution >= 0.6 is 0 Å². The van der Waals surface area contributed by atoms with E-state index in [4.69, 9.17) is 5.11 Å². The highest BCUT2D eigenvalue weighted by molar-refractivity contribution is 5.84. The van der Waals surface area contributed by atoms with Gasteiger partial charge in [0.2, 0.25) is 0 Å². The van der Waals surface area contributed by atoms with Crippen LogP contribution in [0.25, 0.3) is 0 Å². The summed E-state index contributed by atoms with van der Waals surface area (Å²) in [6.45, 7) is 2.14. The molecule has 0 radical (unpaired) electrons. The molecule has 3 rings (SSSR count). The van der Waals surface area contributed by atoms with Gasteiger partial charge in [-0.2, -0.15) is 0 Å². The van der Waals surface area contributed by atoms with Crippen LogP contribution < -0.4 is 5.32 Å². The number of ketones is 1. The first-order valence-corrected chi connectivity index (χ1v) is 16.3. The molecule has 0 aliphatic heterocycles. The highest BCUT2D eigenvalue weighted by atomic mass is 16.4. The average molecular weight is 538 g/mol. The van der Waals surface area contributed by atoms with Crippen molar-refractivity contribution in [3.05, 3.63) is 0 Å². The zero-order chi connectivity index (χ0) is 27.6. The number of carbonyl (C=O) groups is 2. The lowest BCUT2D eigenvalue weighted by Gasteiger charge is -2.30. The summed E-state index contributed by atoms with van der Waals surface area (Å²) in [5, 5.41) is 32.7. The molecule has 0 saturated heterocycles. The van der Waals surface area contributed by atoms with Gasteiger partial charge in [0.1, 0.15) is 5.78 Å². The Morgan fingerprint density at radius 3 is 2.03 bits per heavy atom. The maximum atomic E-state index is 12.2. The Hall–Kier alpha value is -0.980. The molecule has 222 valence electrons. The van der Waals surface area contributed by atoms with E-state index in [2.05, 4.69) is 12.2 Å². The number of aliphatic hydroxyl groups is 2. The van der Waals surface area contributed by atoms with Gasteiger partial charge in [-0.1, -0.05) is 84.0 Å². The molecule has 0 heterocycles. The van der Waals surface area contributed by atoms with Gasteiger partial charge in [0.05, 0.1) is 12.2 Å². The summed E-state index contributed by atoms with van der Waals surface area (Å²) in [6, 6.07) is 1.74. The van der Waals surface area contributed by atoms with E-state index >= 15 is 0 Å². The van der Waals surface area contributed by atoms with E-state index in [0.717, 1.165) is 63.5 Å². The van der Waals surface area contributed by atoms with E-state index in [-0.39, 0.29) is 36.6 Å². The van der Waals surface area contributed by atoms with Gasteiger partial charge < -0.3 is 20.6 Å². The van der Waals surface area contributed by atoms with Crippen LogP contribution in [0.4, 0.5) is 0 Å². The largest absolute Gasteiger partial charge is 0.481 e. The molecule has 0 aromatic rings. The van der Waals surface area contributed by atoms with E-state index in [0.29, 0.717) is 19.3 Å². The number of aliphatic carboxylic acids is 1. The number of unbranched alkanes of at least 4 members (excludes halogenated alkanes) is 5. The molecular formula is C32H59NO5. The van der Waals surface area contributed by atoms with Gasteiger partial charge in [-0.15, -0.1) is 0 Å². The minimum Gasteiger partial charge on any atom is -0.481 e. The molecule has 6 nitrogen and oxygen atoms in total. The molecule has 38 heavy (non-hydrogen) atoms. The maximum absolute atomic E-state index is 12.2. The Labute approximate surface area is 232 Å². The summed E-state index contributed by atoms with van der Waals surface area (Å²) in [5.74, 6) is -0.708. The number of hydrogen-bond acceptors (Lipinski definition) is 5. The van der Waals surface area contributed by atoms with Crippen molar-refractivity contribution in [2.75, 3.05) is 0 Å². The first kappa shape index (κ1) is 33.2. The zero-order valence-corrected chi connectivity index (χ0v) is 24.4. The van der Waals surface area contributed by atoms with Crippen LogP contribution in [0.15, 0.2) is 0 Å². The molecule has 0 spiro atoms. The second kappa shape index (κ2) is 20.0. The molecule has 4 N–H and O–H groups in total. The van der Waals surface area contributed by atoms with Gasteiger partial charge in [0.25, 0.3) is 0 Å². The zero-order valence-electron chi connectivity index (χ0n) is 24.4. The Bertz CT molecular complexity index is 613. The minimum absolute atomic E-state index is 0.0210. The van der Waals surface area contributed by atoms with Crippen LogP contribution in [0, 0.1) is 11.8 Å². The molecular weight excluding hydrogens is 478 g/mol. The molecule has 3 fully saturated rings. The fraction of sp³-hybridized carbons (Fsp3) is 0.938. The Balaban J connectivity index is 0.000000323. The molecule has 0 amide bonds. The molecule has 3 aliphatic carbocycles. The van der Waals surface area contributed by atoms with E-state index in [1.165, 1.54) is 64.2 Å². The van der Waals surface area contributed by atoms with Crippen LogP contribution in [0.1, 0.15) is 155 Å². The predicted molar refractivity (Wildman–Crippen MR) is 154 cm³/mol. The van der Waals surface area contributed by atoms with E-state index in [1.807, 2.05) is 0 Å². The second-order valence-electron chi connectivity index (χ2n) is 12.4. The Kier molecular flexibility index (Phi) is 17.5. The van der Waals surface area contributed by atoms with Crippen LogP contribution in [-0.2, 0) is 9.59 Å². The molecule has 0 aromatic carbocycles. The number of carbonyl (C=O) groups excluding carboxylic acids is 1. The van der Waals surface area contributed by atoms with Crippen molar-refractivity contribution >= 4 is 11.8 Å². The van der Waals surface area contributed by atoms with Crippen LogP contribution in [0.5, 0.6) is 0 Å². The molecule has 3 saturated carbocycles. The normalized spacial score (nSPS) is 25.7. The van der Waals surface area contributed by atoms with E-state index in [9.17, 15) is 19.8 Å². The molecule has 0 aromatic heterocycles. The van der Waals surface area contributed by atoms with Gasteiger partial charge in [-0.05, 0) is 63.7 Å². The third-order valence-electron chi connectivity index (χ3n) is 9.15. The fourth-order valence-electron chi connectivity index (χ4n) is 6.81. The topological polar surface area (TPSA) is 107 Å². The molecule has 4 atom stereocenters. The van der Waals surface area contributed by atoms with Crippen LogP contribution in [0.3, 0.4) is 0 Å². The van der Waals surface area contributed by atoms with Gasteiger partial charge >= 0.3 is 5.97 Å². The predicted octanol–water partition coefficient (Wildman–Crippen LogP) is 6.94. The smallest absolute Gasteiger partial charge is 0.303 e. The van der Waals surface area contributed by atoms with Gasteiger partial charge in [0.15, 0.2) is 0 Å². The SMILES string of the molecule is C1CCC(NC2CCCCC2)CC1.CCCCC[C@H](O)CC[C@H]1[C@H](O)CC(=O)[C@@H]1CCCCCCC(=O)O. The third-order valence-corrected chi connectivity index (χ3v) is 9.15. The summed E-state index contributed by atoms with van der Waals surface area (Å²) in [6.07, 6.45) is 23.8. The van der Waals surface area contributed by atoms with Crippen LogP contribution in [0.2, 0.25) is 0 Å². The quantitative estimate of drug-likeness (QED) is 0.159. The molecule has 6 heteroatoms. The summed E-state index contributed by atoms with van der Waals surface area (Å²) < 4.78 is 0. The first-order chi connectivity index (χ1) is 18.4. The van der Waals surface area contributed by atoms with Gasteiger partial charge in [-0.25, -0.2) is 0 Å². The van der Waals surface area contributed by atoms with Gasteiger partial charge in [0, 0.05) is 30.8 Å². The Morgan fingerprint density at radius 1 is 0.842 bits per heavy atom. The van der Waals surface area contributed by atoms with Crippen molar-refractivity contribution in [3.8, 4) is 0 Å². The number of aliphatic hydroxyl groups excluding tert-OH is 2. The second-order valence-corrected chi connectivity index (χ2v) is 12.4. The monoisotopic (exact) mass is 537 g/mol. The summed E-state index contributed by atoms with van der Waals surface area (Å²) in [7, 11) is 0. The maximum Gasteiger partial charge on any atom is 0.303 e. The number of hydrogen-bond donors (Lipinski definition) is 4. The molecule has 0 unspecified atom stereocenters. The average Bonchev–Trinajstić information content (AvgIpc) is 3.18. The molecule has 3 aliphatic rings. The van der Waals surface area contributed by atoms with Crippen molar-refractivity contribution in [1.82, 2.24) is 5.32 Å². The summed E-state index contributed by atoms with van der Waals surface area (Å²) in [4.78, 5) is 22.6. The summed E-state index contributed by atoms with van der Waals surface area (Å²) >= 11 is 0. The Morgan fingerprint density at radius 2 is 1.45 bits per heavy atom. The van der Waals surface area contributed by atoms with Crippen LogP contribution in [-0.4, -0.2) is 51.4 Å². The number of carboxylic acid groups (broad SMARTS) is 1. The van der Waals surface area contributed by atoms with Crippen molar-refractivity contribution in [1.29, 1.82) is 0 Å². The van der Waals surface area contributed by atoms with Crippen molar-refractivity contribution in [2.45, 2.75) is 179 Å². The highest BCUT2D eigenvalue weighted by Crippen LogP contribution is 2.36. The lowest BCUT2D eigenvalue weighted by atomic mass is 9.85. The van der Waals surface area contributed by atoms with Crippen molar-refractivity contribution in [2.24, 2.45) is 11.8 Å². The fourth-order valence-corrected chi connectivity index (χ4v) is 6.81. The first-order valence-electron chi connectivity index (χ1n) is 16.3. The van der Waals surface area contributed by atoms with E-state index in [1.54, 1.807) is 0 Å². The van der Waals surface area contributed by atoms with E-state index < -0.39 is 12.1 Å². The number of nitrogens with one attached hydrogen (secondary N) is 1.